The average molecular weight is 341 g/mol. The molecular formula is C20H23NO4. The Bertz CT molecular complexity index is 772. The first-order valence-corrected chi connectivity index (χ1v) is 8.45. The second-order valence-electron chi connectivity index (χ2n) is 5.98. The smallest absolute Gasteiger partial charge is 0.225 e. The normalized spacial score (nSPS) is 16.0. The number of methoxy groups -OCH3 is 2. The molecule has 2 aromatic carbocycles. The topological polar surface area (TPSA) is 56.8 Å². The Balaban J connectivity index is 2.12. The molecule has 0 spiro atoms. The molecule has 1 atom stereocenters. The van der Waals surface area contributed by atoms with Crippen molar-refractivity contribution >= 4 is 11.6 Å². The molecular weight excluding hydrogens is 318 g/mol. The monoisotopic (exact) mass is 341 g/mol. The Morgan fingerprint density at radius 1 is 1.12 bits per heavy atom. The molecule has 132 valence electrons. The number of fused-ring (bicyclic) bond motifs is 1. The maximum Gasteiger partial charge on any atom is 0.225 e. The van der Waals surface area contributed by atoms with Crippen molar-refractivity contribution in [3.8, 4) is 17.2 Å². The van der Waals surface area contributed by atoms with Crippen LogP contribution in [0.4, 0.5) is 5.69 Å². The van der Waals surface area contributed by atoms with Crippen molar-refractivity contribution in [3.05, 3.63) is 47.5 Å². The number of amides is 1. The summed E-state index contributed by atoms with van der Waals surface area (Å²) < 4.78 is 16.8. The lowest BCUT2D eigenvalue weighted by Crippen LogP contribution is -2.24. The first-order chi connectivity index (χ1) is 12.2. The van der Waals surface area contributed by atoms with Crippen molar-refractivity contribution in [2.45, 2.75) is 25.7 Å². The highest BCUT2D eigenvalue weighted by molar-refractivity contribution is 5.96. The number of rotatable bonds is 6. The number of hydrogen-bond acceptors (Lipinski definition) is 4. The van der Waals surface area contributed by atoms with Crippen LogP contribution in [0.15, 0.2) is 36.4 Å². The zero-order valence-electron chi connectivity index (χ0n) is 14.8. The summed E-state index contributed by atoms with van der Waals surface area (Å²) in [6.07, 6.45) is 1.28. The van der Waals surface area contributed by atoms with E-state index >= 15 is 0 Å². The maximum atomic E-state index is 12.3. The Morgan fingerprint density at radius 3 is 2.64 bits per heavy atom. The van der Waals surface area contributed by atoms with Crippen LogP contribution in [-0.2, 0) is 4.79 Å². The van der Waals surface area contributed by atoms with Crippen LogP contribution in [0.25, 0.3) is 0 Å². The standard InChI is InChI=1S/C20H23NO4/c1-4-9-25-17-8-6-5-7-14(17)15-12-19(22)21-16-10-13(23-2)11-18(24-3)20(15)16/h5-8,10-11,15H,4,9,12H2,1-3H3,(H,21,22)/t15-/m1/s1. The minimum atomic E-state index is -0.127. The molecule has 1 heterocycles. The number of ether oxygens (including phenoxy) is 3. The largest absolute Gasteiger partial charge is 0.497 e. The van der Waals surface area contributed by atoms with Gasteiger partial charge in [0.25, 0.3) is 0 Å². The number of para-hydroxylation sites is 1. The van der Waals surface area contributed by atoms with Crippen LogP contribution in [0, 0.1) is 0 Å². The third-order valence-corrected chi connectivity index (χ3v) is 4.34. The third-order valence-electron chi connectivity index (χ3n) is 4.34. The third kappa shape index (κ3) is 3.40. The van der Waals surface area contributed by atoms with Crippen molar-refractivity contribution < 1.29 is 19.0 Å². The minimum absolute atomic E-state index is 0.0295. The van der Waals surface area contributed by atoms with Gasteiger partial charge in [-0.25, -0.2) is 0 Å². The fourth-order valence-electron chi connectivity index (χ4n) is 3.22. The predicted octanol–water partition coefficient (Wildman–Crippen LogP) is 3.97. The summed E-state index contributed by atoms with van der Waals surface area (Å²) in [5.74, 6) is 2.00. The van der Waals surface area contributed by atoms with Gasteiger partial charge in [-0.3, -0.25) is 4.79 Å². The van der Waals surface area contributed by atoms with Crippen molar-refractivity contribution in [1.82, 2.24) is 0 Å². The molecule has 1 N–H and O–H groups in total. The predicted molar refractivity (Wildman–Crippen MR) is 96.9 cm³/mol. The van der Waals surface area contributed by atoms with Gasteiger partial charge in [0, 0.05) is 35.6 Å². The number of anilines is 1. The van der Waals surface area contributed by atoms with Crippen molar-refractivity contribution in [2.24, 2.45) is 0 Å². The second kappa shape index (κ2) is 7.47. The van der Waals surface area contributed by atoms with E-state index in [0.29, 0.717) is 24.5 Å². The summed E-state index contributed by atoms with van der Waals surface area (Å²) in [5, 5.41) is 2.93. The molecule has 3 rings (SSSR count). The Labute approximate surface area is 147 Å². The molecule has 1 amide bonds. The molecule has 0 aliphatic carbocycles. The van der Waals surface area contributed by atoms with Gasteiger partial charge < -0.3 is 19.5 Å². The Kier molecular flexibility index (Phi) is 5.12. The highest BCUT2D eigenvalue weighted by Crippen LogP contribution is 2.46. The van der Waals surface area contributed by atoms with Crippen LogP contribution in [0.5, 0.6) is 17.2 Å². The molecule has 1 aliphatic rings. The van der Waals surface area contributed by atoms with Crippen LogP contribution in [0.1, 0.15) is 36.8 Å². The van der Waals surface area contributed by atoms with Crippen molar-refractivity contribution in [1.29, 1.82) is 0 Å². The molecule has 0 fully saturated rings. The van der Waals surface area contributed by atoms with Crippen LogP contribution in [-0.4, -0.2) is 26.7 Å². The van der Waals surface area contributed by atoms with E-state index in [1.165, 1.54) is 0 Å². The van der Waals surface area contributed by atoms with E-state index in [1.807, 2.05) is 36.4 Å². The van der Waals surface area contributed by atoms with E-state index in [-0.39, 0.29) is 11.8 Å². The average Bonchev–Trinajstić information content (AvgIpc) is 2.64. The van der Waals surface area contributed by atoms with Gasteiger partial charge in [0.2, 0.25) is 5.91 Å². The molecule has 0 aromatic heterocycles. The fourth-order valence-corrected chi connectivity index (χ4v) is 3.22. The number of benzene rings is 2. The first kappa shape index (κ1) is 17.1. The van der Waals surface area contributed by atoms with Crippen LogP contribution >= 0.6 is 0 Å². The molecule has 5 heteroatoms. The highest BCUT2D eigenvalue weighted by Gasteiger charge is 2.32. The van der Waals surface area contributed by atoms with Gasteiger partial charge >= 0.3 is 0 Å². The Hall–Kier alpha value is -2.69. The van der Waals surface area contributed by atoms with Gasteiger partial charge in [0.15, 0.2) is 0 Å². The van der Waals surface area contributed by atoms with Crippen molar-refractivity contribution in [3.63, 3.8) is 0 Å². The summed E-state index contributed by atoms with van der Waals surface area (Å²) in [5.41, 5.74) is 2.67. The van der Waals surface area contributed by atoms with Gasteiger partial charge in [-0.1, -0.05) is 25.1 Å². The number of hydrogen-bond donors (Lipinski definition) is 1. The zero-order chi connectivity index (χ0) is 17.8. The van der Waals surface area contributed by atoms with Crippen LogP contribution < -0.4 is 19.5 Å². The van der Waals surface area contributed by atoms with E-state index in [1.54, 1.807) is 14.2 Å². The van der Waals surface area contributed by atoms with Crippen molar-refractivity contribution in [2.75, 3.05) is 26.1 Å². The summed E-state index contributed by atoms with van der Waals surface area (Å²) in [4.78, 5) is 12.3. The van der Waals surface area contributed by atoms with Gasteiger partial charge in [0.1, 0.15) is 17.2 Å². The number of carbonyl (C=O) groups excluding carboxylic acids is 1. The summed E-state index contributed by atoms with van der Waals surface area (Å²) in [6.45, 7) is 2.71. The van der Waals surface area contributed by atoms with E-state index < -0.39 is 0 Å². The second-order valence-corrected chi connectivity index (χ2v) is 5.98. The fraction of sp³-hybridized carbons (Fsp3) is 0.350. The molecule has 0 saturated heterocycles. The molecule has 0 saturated carbocycles. The number of carbonyl (C=O) groups is 1. The molecule has 1 aliphatic heterocycles. The van der Waals surface area contributed by atoms with Gasteiger partial charge in [0.05, 0.1) is 26.5 Å². The van der Waals surface area contributed by atoms with E-state index in [4.69, 9.17) is 14.2 Å². The lowest BCUT2D eigenvalue weighted by molar-refractivity contribution is -0.116. The first-order valence-electron chi connectivity index (χ1n) is 8.45. The van der Waals surface area contributed by atoms with Gasteiger partial charge in [-0.2, -0.15) is 0 Å². The van der Waals surface area contributed by atoms with Crippen LogP contribution in [0.2, 0.25) is 0 Å². The SMILES string of the molecule is CCCOc1ccccc1[C@H]1CC(=O)Nc2cc(OC)cc(OC)c21. The molecule has 2 aromatic rings. The quantitative estimate of drug-likeness (QED) is 0.864. The summed E-state index contributed by atoms with van der Waals surface area (Å²) >= 11 is 0. The summed E-state index contributed by atoms with van der Waals surface area (Å²) in [7, 11) is 3.22. The van der Waals surface area contributed by atoms with Crippen LogP contribution in [0.3, 0.4) is 0 Å². The Morgan fingerprint density at radius 2 is 1.92 bits per heavy atom. The molecule has 25 heavy (non-hydrogen) atoms. The molecule has 0 bridgehead atoms. The van der Waals surface area contributed by atoms with E-state index in [0.717, 1.165) is 29.0 Å². The minimum Gasteiger partial charge on any atom is -0.497 e. The van der Waals surface area contributed by atoms with Gasteiger partial charge in [-0.05, 0) is 12.5 Å². The lowest BCUT2D eigenvalue weighted by Gasteiger charge is -2.29. The lowest BCUT2D eigenvalue weighted by atomic mass is 9.83. The molecule has 5 nitrogen and oxygen atoms in total. The number of nitrogens with one attached hydrogen (secondary N) is 1. The molecule has 0 radical (unpaired) electrons. The van der Waals surface area contributed by atoms with E-state index in [2.05, 4.69) is 12.2 Å². The highest BCUT2D eigenvalue weighted by atomic mass is 16.5. The molecule has 0 unspecified atom stereocenters. The maximum absolute atomic E-state index is 12.3. The summed E-state index contributed by atoms with van der Waals surface area (Å²) in [6, 6.07) is 11.6. The zero-order valence-corrected chi connectivity index (χ0v) is 14.8. The van der Waals surface area contributed by atoms with E-state index in [9.17, 15) is 4.79 Å². The van der Waals surface area contributed by atoms with Gasteiger partial charge in [-0.15, -0.1) is 0 Å².